The van der Waals surface area contributed by atoms with Gasteiger partial charge in [-0.1, -0.05) is 17.7 Å². The number of aryl methyl sites for hydroxylation is 1. The molecule has 0 radical (unpaired) electrons. The Hall–Kier alpha value is -3.04. The highest BCUT2D eigenvalue weighted by Gasteiger charge is 2.27. The second kappa shape index (κ2) is 6.84. The molecule has 0 saturated heterocycles. The molecule has 2 heterocycles. The Morgan fingerprint density at radius 2 is 2.00 bits per heavy atom. The molecule has 0 amide bonds. The van der Waals surface area contributed by atoms with E-state index in [2.05, 4.69) is 4.98 Å². The quantitative estimate of drug-likeness (QED) is 0.630. The molecule has 0 aliphatic carbocycles. The molecule has 1 aliphatic heterocycles. The highest BCUT2D eigenvalue weighted by molar-refractivity contribution is 7.86. The molecule has 3 aromatic rings. The van der Waals surface area contributed by atoms with E-state index in [-0.39, 0.29) is 23.8 Å². The number of H-pyrrole nitrogens is 1. The molecule has 8 nitrogen and oxygen atoms in total. The number of aromatic amines is 1. The summed E-state index contributed by atoms with van der Waals surface area (Å²) in [4.78, 5) is 14.0. The Bertz CT molecular complexity index is 1150. The Labute approximate surface area is 160 Å². The van der Waals surface area contributed by atoms with Gasteiger partial charge in [0.15, 0.2) is 17.6 Å². The molecule has 2 N–H and O–H groups in total. The molecule has 146 valence electrons. The first-order valence-corrected chi connectivity index (χ1v) is 9.89. The van der Waals surface area contributed by atoms with Crippen LogP contribution < -0.4 is 9.47 Å². The number of carboxylic acid groups (broad SMARTS) is 1. The van der Waals surface area contributed by atoms with Crippen LogP contribution in [0.15, 0.2) is 47.4 Å². The summed E-state index contributed by atoms with van der Waals surface area (Å²) < 4.78 is 41.3. The van der Waals surface area contributed by atoms with E-state index in [1.54, 1.807) is 24.3 Å². The van der Waals surface area contributed by atoms with E-state index in [1.165, 1.54) is 18.2 Å². The zero-order valence-electron chi connectivity index (χ0n) is 14.8. The maximum Gasteiger partial charge on any atom is 0.352 e. The van der Waals surface area contributed by atoms with Crippen molar-refractivity contribution in [1.29, 1.82) is 0 Å². The summed E-state index contributed by atoms with van der Waals surface area (Å²) in [5.41, 5.74) is 1.54. The predicted octanol–water partition coefficient (Wildman–Crippen LogP) is 2.72. The monoisotopic (exact) mass is 403 g/mol. The van der Waals surface area contributed by atoms with Gasteiger partial charge in [0.1, 0.15) is 18.9 Å². The fourth-order valence-electron chi connectivity index (χ4n) is 2.91. The van der Waals surface area contributed by atoms with Crippen molar-refractivity contribution in [2.24, 2.45) is 0 Å². The lowest BCUT2D eigenvalue weighted by atomic mass is 10.2. The van der Waals surface area contributed by atoms with Crippen LogP contribution in [0.4, 0.5) is 0 Å². The largest absolute Gasteiger partial charge is 0.486 e. The summed E-state index contributed by atoms with van der Waals surface area (Å²) in [6, 6.07) is 11.2. The summed E-state index contributed by atoms with van der Waals surface area (Å²) in [5, 5.41) is 9.69. The number of ether oxygens (including phenoxy) is 2. The summed E-state index contributed by atoms with van der Waals surface area (Å²) in [7, 11) is -3.92. The van der Waals surface area contributed by atoms with Crippen molar-refractivity contribution in [2.45, 2.75) is 17.9 Å². The van der Waals surface area contributed by atoms with Gasteiger partial charge in [0.05, 0.1) is 10.4 Å². The van der Waals surface area contributed by atoms with E-state index in [1.807, 2.05) is 6.92 Å². The van der Waals surface area contributed by atoms with E-state index in [0.717, 1.165) is 5.56 Å². The SMILES string of the molecule is Cc1ccc(S(=O)(=O)OCC2COc3ccc4[nH]c(C(=O)O)cc4c3O2)cc1. The highest BCUT2D eigenvalue weighted by Crippen LogP contribution is 2.39. The third kappa shape index (κ3) is 3.41. The van der Waals surface area contributed by atoms with E-state index < -0.39 is 22.2 Å². The van der Waals surface area contributed by atoms with Gasteiger partial charge < -0.3 is 19.6 Å². The second-order valence-corrected chi connectivity index (χ2v) is 8.06. The molecule has 0 spiro atoms. The van der Waals surface area contributed by atoms with Crippen LogP contribution in [-0.2, 0) is 14.3 Å². The van der Waals surface area contributed by atoms with Crippen LogP contribution in [0.5, 0.6) is 11.5 Å². The number of carboxylic acids is 1. The summed E-state index contributed by atoms with van der Waals surface area (Å²) in [6.07, 6.45) is -0.665. The van der Waals surface area contributed by atoms with Crippen LogP contribution in [-0.4, -0.2) is 43.8 Å². The Morgan fingerprint density at radius 1 is 1.25 bits per heavy atom. The van der Waals surface area contributed by atoms with Gasteiger partial charge in [-0.25, -0.2) is 4.79 Å². The van der Waals surface area contributed by atoms with E-state index in [4.69, 9.17) is 18.8 Å². The van der Waals surface area contributed by atoms with E-state index >= 15 is 0 Å². The number of hydrogen-bond acceptors (Lipinski definition) is 6. The number of carbonyl (C=O) groups is 1. The zero-order valence-corrected chi connectivity index (χ0v) is 15.7. The lowest BCUT2D eigenvalue weighted by Crippen LogP contribution is -2.34. The van der Waals surface area contributed by atoms with Crippen molar-refractivity contribution in [2.75, 3.05) is 13.2 Å². The topological polar surface area (TPSA) is 115 Å². The summed E-state index contributed by atoms with van der Waals surface area (Å²) >= 11 is 0. The summed E-state index contributed by atoms with van der Waals surface area (Å²) in [5.74, 6) is -0.277. The normalized spacial score (nSPS) is 16.2. The zero-order chi connectivity index (χ0) is 19.9. The minimum Gasteiger partial charge on any atom is -0.486 e. The van der Waals surface area contributed by atoms with Crippen molar-refractivity contribution in [3.8, 4) is 11.5 Å². The van der Waals surface area contributed by atoms with Crippen molar-refractivity contribution in [3.63, 3.8) is 0 Å². The number of aromatic nitrogens is 1. The van der Waals surface area contributed by atoms with Crippen molar-refractivity contribution >= 4 is 27.0 Å². The number of fused-ring (bicyclic) bond motifs is 3. The second-order valence-electron chi connectivity index (χ2n) is 6.44. The van der Waals surface area contributed by atoms with Crippen LogP contribution in [0.3, 0.4) is 0 Å². The van der Waals surface area contributed by atoms with Crippen LogP contribution in [0, 0.1) is 6.92 Å². The fraction of sp³-hybridized carbons (Fsp3) is 0.211. The van der Waals surface area contributed by atoms with Gasteiger partial charge in [0.25, 0.3) is 10.1 Å². The molecular weight excluding hydrogens is 386 g/mol. The maximum atomic E-state index is 12.3. The first-order valence-electron chi connectivity index (χ1n) is 8.48. The highest BCUT2D eigenvalue weighted by atomic mass is 32.2. The van der Waals surface area contributed by atoms with Gasteiger partial charge in [-0.05, 0) is 37.3 Å². The number of benzene rings is 2. The van der Waals surface area contributed by atoms with Gasteiger partial charge in [-0.2, -0.15) is 8.42 Å². The first kappa shape index (κ1) is 18.3. The molecule has 1 unspecified atom stereocenters. The lowest BCUT2D eigenvalue weighted by Gasteiger charge is -2.26. The molecule has 1 aromatic heterocycles. The molecule has 1 aliphatic rings. The molecule has 4 rings (SSSR count). The Balaban J connectivity index is 1.53. The van der Waals surface area contributed by atoms with Crippen LogP contribution in [0.25, 0.3) is 10.9 Å². The third-order valence-corrected chi connectivity index (χ3v) is 5.67. The Kier molecular flexibility index (Phi) is 4.48. The van der Waals surface area contributed by atoms with Crippen LogP contribution in [0.2, 0.25) is 0 Å². The smallest absolute Gasteiger partial charge is 0.352 e. The van der Waals surface area contributed by atoms with Crippen LogP contribution in [0.1, 0.15) is 16.1 Å². The van der Waals surface area contributed by atoms with Gasteiger partial charge in [-0.3, -0.25) is 4.18 Å². The molecular formula is C19H17NO7S. The molecule has 1 atom stereocenters. The Morgan fingerprint density at radius 3 is 2.71 bits per heavy atom. The molecule has 0 bridgehead atoms. The molecule has 28 heavy (non-hydrogen) atoms. The number of hydrogen-bond donors (Lipinski definition) is 2. The average molecular weight is 403 g/mol. The molecule has 0 saturated carbocycles. The fourth-order valence-corrected chi connectivity index (χ4v) is 3.85. The average Bonchev–Trinajstić information content (AvgIpc) is 3.12. The first-order chi connectivity index (χ1) is 13.3. The van der Waals surface area contributed by atoms with Gasteiger partial charge in [0, 0.05) is 5.39 Å². The molecule has 9 heteroatoms. The van der Waals surface area contributed by atoms with Crippen molar-refractivity contribution < 1.29 is 32.0 Å². The summed E-state index contributed by atoms with van der Waals surface area (Å²) in [6.45, 7) is 1.74. The minimum absolute atomic E-state index is 0.0207. The molecule has 2 aromatic carbocycles. The van der Waals surface area contributed by atoms with E-state index in [0.29, 0.717) is 22.4 Å². The van der Waals surface area contributed by atoms with Crippen LogP contribution >= 0.6 is 0 Å². The van der Waals surface area contributed by atoms with Crippen molar-refractivity contribution in [3.05, 3.63) is 53.7 Å². The van der Waals surface area contributed by atoms with Crippen molar-refractivity contribution in [1.82, 2.24) is 4.98 Å². The minimum atomic E-state index is -3.92. The lowest BCUT2D eigenvalue weighted by molar-refractivity contribution is 0.0571. The number of nitrogens with one attached hydrogen (secondary N) is 1. The van der Waals surface area contributed by atoms with E-state index in [9.17, 15) is 13.2 Å². The molecule has 0 fully saturated rings. The van der Waals surface area contributed by atoms with Gasteiger partial charge >= 0.3 is 5.97 Å². The third-order valence-electron chi connectivity index (χ3n) is 4.38. The maximum absolute atomic E-state index is 12.3. The van der Waals surface area contributed by atoms with Gasteiger partial charge in [0.2, 0.25) is 0 Å². The number of rotatable bonds is 5. The standard InChI is InChI=1S/C19H17NO7S/c1-11-2-4-13(5-3-11)28(23,24)26-10-12-9-25-17-7-6-15-14(18(17)27-12)8-16(20-15)19(21)22/h2-8,12,20H,9-10H2,1H3,(H,21,22). The predicted molar refractivity (Wildman–Crippen MR) is 99.5 cm³/mol. The van der Waals surface area contributed by atoms with Gasteiger partial charge in [-0.15, -0.1) is 0 Å². The number of aromatic carboxylic acids is 1.